The van der Waals surface area contributed by atoms with Gasteiger partial charge in [-0.1, -0.05) is 0 Å². The number of amides is 1. The molecule has 32 heavy (non-hydrogen) atoms. The Bertz CT molecular complexity index is 1120. The molecular formula is C19H19FN4O7S. The van der Waals surface area contributed by atoms with Gasteiger partial charge in [-0.05, 0) is 37.1 Å². The van der Waals surface area contributed by atoms with Crippen LogP contribution in [0.1, 0.15) is 12.8 Å². The molecule has 0 unspecified atom stereocenters. The molecule has 0 spiro atoms. The van der Waals surface area contributed by atoms with E-state index < -0.39 is 50.9 Å². The molecule has 1 aromatic carbocycles. The van der Waals surface area contributed by atoms with Crippen LogP contribution in [-0.4, -0.2) is 54.2 Å². The molecule has 11 nitrogen and oxygen atoms in total. The lowest BCUT2D eigenvalue weighted by Gasteiger charge is -2.29. The number of halogens is 1. The number of nitro benzene ring substituents is 1. The Labute approximate surface area is 182 Å². The summed E-state index contributed by atoms with van der Waals surface area (Å²) in [5.41, 5.74) is -0.819. The van der Waals surface area contributed by atoms with Crippen molar-refractivity contribution < 1.29 is 32.1 Å². The Kier molecular flexibility index (Phi) is 7.10. The van der Waals surface area contributed by atoms with Gasteiger partial charge >= 0.3 is 11.7 Å². The number of aromatic nitrogens is 1. The molecule has 13 heteroatoms. The number of nitrogens with zero attached hydrogens (tertiary/aromatic N) is 3. The minimum Gasteiger partial charge on any atom is -0.455 e. The molecule has 0 radical (unpaired) electrons. The fourth-order valence-electron chi connectivity index (χ4n) is 3.16. The van der Waals surface area contributed by atoms with E-state index in [1.165, 1.54) is 28.8 Å². The summed E-state index contributed by atoms with van der Waals surface area (Å²) in [4.78, 5) is 37.9. The molecule has 1 aliphatic rings. The highest BCUT2D eigenvalue weighted by Crippen LogP contribution is 2.24. The maximum atomic E-state index is 13.3. The van der Waals surface area contributed by atoms with E-state index in [1.54, 1.807) is 0 Å². The standard InChI is InChI=1S/C19H19FN4O7S/c20-16-4-3-14(10-17(16)24(27)28)22-18(25)12-31-19(26)13-5-8-23(9-6-13)32(29,30)15-2-1-7-21-11-15/h1-4,7,10-11,13H,5-6,8-9,12H2,(H,22,25). The van der Waals surface area contributed by atoms with E-state index in [4.69, 9.17) is 4.74 Å². The van der Waals surface area contributed by atoms with Crippen molar-refractivity contribution in [2.75, 3.05) is 25.0 Å². The molecule has 1 aromatic heterocycles. The van der Waals surface area contributed by atoms with Gasteiger partial charge in [0.15, 0.2) is 6.61 Å². The maximum Gasteiger partial charge on any atom is 0.309 e. The molecule has 1 N–H and O–H groups in total. The largest absolute Gasteiger partial charge is 0.455 e. The quantitative estimate of drug-likeness (QED) is 0.368. The van der Waals surface area contributed by atoms with Crippen LogP contribution in [0.15, 0.2) is 47.6 Å². The molecule has 1 aliphatic heterocycles. The number of carbonyl (C=O) groups excluding carboxylic acids is 2. The molecule has 2 heterocycles. The third kappa shape index (κ3) is 5.42. The van der Waals surface area contributed by atoms with E-state index in [0.717, 1.165) is 18.2 Å². The predicted octanol–water partition coefficient (Wildman–Crippen LogP) is 1.71. The topological polar surface area (TPSA) is 149 Å². The van der Waals surface area contributed by atoms with Crippen molar-refractivity contribution in [1.82, 2.24) is 9.29 Å². The van der Waals surface area contributed by atoms with Crippen LogP contribution in [0.2, 0.25) is 0 Å². The summed E-state index contributed by atoms with van der Waals surface area (Å²) in [6, 6.07) is 5.80. The number of anilines is 1. The monoisotopic (exact) mass is 466 g/mol. The number of nitrogens with one attached hydrogen (secondary N) is 1. The minimum absolute atomic E-state index is 0.0203. The summed E-state index contributed by atoms with van der Waals surface area (Å²) in [6.07, 6.45) is 3.17. The Balaban J connectivity index is 1.49. The first kappa shape index (κ1) is 23.2. The highest BCUT2D eigenvalue weighted by Gasteiger charge is 2.33. The summed E-state index contributed by atoms with van der Waals surface area (Å²) in [7, 11) is -3.70. The molecule has 3 rings (SSSR count). The molecule has 0 bridgehead atoms. The molecule has 0 saturated carbocycles. The van der Waals surface area contributed by atoms with Gasteiger partial charge in [-0.2, -0.15) is 8.70 Å². The highest BCUT2D eigenvalue weighted by molar-refractivity contribution is 7.89. The van der Waals surface area contributed by atoms with E-state index in [0.29, 0.717) is 0 Å². The number of ether oxygens (including phenoxy) is 1. The lowest BCUT2D eigenvalue weighted by atomic mass is 9.98. The number of pyridine rings is 1. The van der Waals surface area contributed by atoms with E-state index >= 15 is 0 Å². The van der Waals surface area contributed by atoms with Gasteiger partial charge in [0.25, 0.3) is 5.91 Å². The Morgan fingerprint density at radius 3 is 2.62 bits per heavy atom. The fourth-order valence-corrected chi connectivity index (χ4v) is 4.60. The third-order valence-electron chi connectivity index (χ3n) is 4.83. The zero-order valence-corrected chi connectivity index (χ0v) is 17.5. The third-order valence-corrected chi connectivity index (χ3v) is 6.71. The van der Waals surface area contributed by atoms with Crippen LogP contribution in [0.4, 0.5) is 15.8 Å². The smallest absolute Gasteiger partial charge is 0.309 e. The fraction of sp³-hybridized carbons (Fsp3) is 0.316. The molecule has 1 fully saturated rings. The second kappa shape index (κ2) is 9.78. The molecule has 170 valence electrons. The van der Waals surface area contributed by atoms with E-state index in [-0.39, 0.29) is 36.5 Å². The molecule has 1 saturated heterocycles. The first-order valence-corrected chi connectivity index (χ1v) is 10.9. The van der Waals surface area contributed by atoms with Crippen molar-refractivity contribution in [2.24, 2.45) is 5.92 Å². The van der Waals surface area contributed by atoms with Gasteiger partial charge in [0.2, 0.25) is 15.8 Å². The Morgan fingerprint density at radius 2 is 2.00 bits per heavy atom. The number of hydrogen-bond acceptors (Lipinski definition) is 8. The lowest BCUT2D eigenvalue weighted by molar-refractivity contribution is -0.387. The number of hydrogen-bond donors (Lipinski definition) is 1. The summed E-state index contributed by atoms with van der Waals surface area (Å²) in [5, 5.41) is 13.0. The Morgan fingerprint density at radius 1 is 1.28 bits per heavy atom. The van der Waals surface area contributed by atoms with Crippen LogP contribution < -0.4 is 5.32 Å². The number of carbonyl (C=O) groups is 2. The average molecular weight is 466 g/mol. The first-order valence-electron chi connectivity index (χ1n) is 9.49. The van der Waals surface area contributed by atoms with E-state index in [1.807, 2.05) is 0 Å². The number of rotatable bonds is 7. The van der Waals surface area contributed by atoms with Gasteiger partial charge in [-0.15, -0.1) is 0 Å². The number of benzene rings is 1. The van der Waals surface area contributed by atoms with Crippen molar-refractivity contribution in [3.63, 3.8) is 0 Å². The van der Waals surface area contributed by atoms with Crippen molar-refractivity contribution in [2.45, 2.75) is 17.7 Å². The van der Waals surface area contributed by atoms with Crippen molar-refractivity contribution in [1.29, 1.82) is 0 Å². The normalized spacial score (nSPS) is 15.2. The molecular weight excluding hydrogens is 447 g/mol. The zero-order chi connectivity index (χ0) is 23.3. The Hall–Kier alpha value is -3.45. The van der Waals surface area contributed by atoms with Crippen LogP contribution in [0.3, 0.4) is 0 Å². The maximum absolute atomic E-state index is 13.3. The van der Waals surface area contributed by atoms with Gasteiger partial charge in [-0.3, -0.25) is 24.7 Å². The van der Waals surface area contributed by atoms with Crippen LogP contribution in [0, 0.1) is 21.8 Å². The van der Waals surface area contributed by atoms with Gasteiger partial charge in [0.05, 0.1) is 10.8 Å². The number of piperidine rings is 1. The average Bonchev–Trinajstić information content (AvgIpc) is 2.79. The highest BCUT2D eigenvalue weighted by atomic mass is 32.2. The second-order valence-corrected chi connectivity index (χ2v) is 8.88. The SMILES string of the molecule is O=C(COC(=O)C1CCN(S(=O)(=O)c2cccnc2)CC1)Nc1ccc(F)c([N+](=O)[O-])c1. The number of esters is 1. The van der Waals surface area contributed by atoms with Crippen molar-refractivity contribution in [3.8, 4) is 0 Å². The summed E-state index contributed by atoms with van der Waals surface area (Å²) >= 11 is 0. The predicted molar refractivity (Wildman–Crippen MR) is 108 cm³/mol. The van der Waals surface area contributed by atoms with Crippen molar-refractivity contribution in [3.05, 3.63) is 58.7 Å². The zero-order valence-electron chi connectivity index (χ0n) is 16.6. The number of nitro groups is 1. The first-order chi connectivity index (χ1) is 15.2. The van der Waals surface area contributed by atoms with Crippen LogP contribution in [0.5, 0.6) is 0 Å². The molecule has 0 atom stereocenters. The van der Waals surface area contributed by atoms with Gasteiger partial charge in [0.1, 0.15) is 4.90 Å². The summed E-state index contributed by atoms with van der Waals surface area (Å²) in [6.45, 7) is -0.414. The van der Waals surface area contributed by atoms with Gasteiger partial charge < -0.3 is 10.1 Å². The number of sulfonamides is 1. The van der Waals surface area contributed by atoms with E-state index in [9.17, 15) is 32.5 Å². The van der Waals surface area contributed by atoms with Crippen molar-refractivity contribution >= 4 is 33.3 Å². The molecule has 2 aromatic rings. The van der Waals surface area contributed by atoms with Crippen LogP contribution in [0.25, 0.3) is 0 Å². The lowest BCUT2D eigenvalue weighted by Crippen LogP contribution is -2.40. The second-order valence-electron chi connectivity index (χ2n) is 6.95. The van der Waals surface area contributed by atoms with Gasteiger partial charge in [0, 0.05) is 37.2 Å². The molecule has 0 aliphatic carbocycles. The molecule has 1 amide bonds. The van der Waals surface area contributed by atoms with E-state index in [2.05, 4.69) is 10.3 Å². The summed E-state index contributed by atoms with van der Waals surface area (Å²) in [5.74, 6) is -3.02. The van der Waals surface area contributed by atoms with Gasteiger partial charge in [-0.25, -0.2) is 8.42 Å². The summed E-state index contributed by atoms with van der Waals surface area (Å²) < 4.78 is 44.8. The van der Waals surface area contributed by atoms with Crippen LogP contribution in [-0.2, 0) is 24.3 Å². The van der Waals surface area contributed by atoms with Crippen LogP contribution >= 0.6 is 0 Å². The minimum atomic E-state index is -3.70.